The van der Waals surface area contributed by atoms with Gasteiger partial charge in [-0.3, -0.25) is 4.40 Å². The normalized spacial score (nSPS) is 10.6. The molecule has 0 aliphatic rings. The van der Waals surface area contributed by atoms with Gasteiger partial charge >= 0.3 is 6.03 Å². The van der Waals surface area contributed by atoms with E-state index in [0.717, 1.165) is 18.5 Å². The number of amides is 2. The van der Waals surface area contributed by atoms with Crippen LogP contribution in [0.25, 0.3) is 5.65 Å². The summed E-state index contributed by atoms with van der Waals surface area (Å²) in [5, 5.41) is 13.8. The number of pyridine rings is 1. The van der Waals surface area contributed by atoms with Crippen LogP contribution in [0.4, 0.5) is 10.5 Å². The van der Waals surface area contributed by atoms with E-state index in [1.807, 2.05) is 28.8 Å². The summed E-state index contributed by atoms with van der Waals surface area (Å²) in [5.74, 6) is 1.88. The number of urea groups is 1. The Morgan fingerprint density at radius 1 is 1.22 bits per heavy atom. The molecule has 2 amide bonds. The molecule has 142 valence electrons. The second-order valence-corrected chi connectivity index (χ2v) is 5.92. The molecular formula is C19H23N5O3. The van der Waals surface area contributed by atoms with Crippen LogP contribution in [0.5, 0.6) is 11.5 Å². The van der Waals surface area contributed by atoms with Crippen LogP contribution < -0.4 is 20.1 Å². The van der Waals surface area contributed by atoms with Crippen molar-refractivity contribution in [1.29, 1.82) is 0 Å². The van der Waals surface area contributed by atoms with Crippen LogP contribution >= 0.6 is 0 Å². The van der Waals surface area contributed by atoms with Gasteiger partial charge in [-0.1, -0.05) is 19.4 Å². The minimum Gasteiger partial charge on any atom is -0.497 e. The lowest BCUT2D eigenvalue weighted by Gasteiger charge is -2.14. The van der Waals surface area contributed by atoms with Crippen molar-refractivity contribution in [3.63, 3.8) is 0 Å². The molecule has 0 unspecified atom stereocenters. The number of benzene rings is 1. The number of anilines is 1. The maximum atomic E-state index is 12.3. The molecule has 2 aromatic heterocycles. The van der Waals surface area contributed by atoms with Crippen LogP contribution in [-0.4, -0.2) is 34.3 Å². The van der Waals surface area contributed by atoms with E-state index in [1.54, 1.807) is 25.3 Å². The number of rotatable bonds is 8. The number of carbonyl (C=O) groups excluding carboxylic acids is 1. The lowest BCUT2D eigenvalue weighted by molar-refractivity contribution is 0.251. The molecule has 0 spiro atoms. The molecule has 0 aliphatic heterocycles. The van der Waals surface area contributed by atoms with E-state index in [2.05, 4.69) is 27.8 Å². The van der Waals surface area contributed by atoms with Crippen LogP contribution in [0.15, 0.2) is 42.6 Å². The molecule has 0 saturated carbocycles. The first-order valence-electron chi connectivity index (χ1n) is 8.85. The van der Waals surface area contributed by atoms with Gasteiger partial charge in [-0.05, 0) is 30.7 Å². The summed E-state index contributed by atoms with van der Waals surface area (Å²) in [6.07, 6.45) is 3.83. The topological polar surface area (TPSA) is 89.8 Å². The lowest BCUT2D eigenvalue weighted by Crippen LogP contribution is -2.29. The SMILES string of the molecule is CCCCOc1ccc(OC)cc1NC(=O)NCc1nnc2ccccn12. The van der Waals surface area contributed by atoms with Crippen LogP contribution in [0.3, 0.4) is 0 Å². The van der Waals surface area contributed by atoms with Crippen molar-refractivity contribution in [3.8, 4) is 11.5 Å². The van der Waals surface area contributed by atoms with E-state index in [4.69, 9.17) is 9.47 Å². The van der Waals surface area contributed by atoms with Crippen LogP contribution in [0.1, 0.15) is 25.6 Å². The third-order valence-corrected chi connectivity index (χ3v) is 3.98. The average Bonchev–Trinajstić information content (AvgIpc) is 3.11. The largest absolute Gasteiger partial charge is 0.497 e. The van der Waals surface area contributed by atoms with Gasteiger partial charge < -0.3 is 20.1 Å². The first kappa shape index (κ1) is 18.5. The summed E-state index contributed by atoms with van der Waals surface area (Å²) in [4.78, 5) is 12.3. The zero-order chi connectivity index (χ0) is 19.1. The number of unbranched alkanes of at least 4 members (excludes halogenated alkanes) is 1. The second kappa shape index (κ2) is 8.88. The maximum absolute atomic E-state index is 12.3. The molecule has 8 nitrogen and oxygen atoms in total. The Morgan fingerprint density at radius 2 is 2.11 bits per heavy atom. The Hall–Kier alpha value is -3.29. The minimum atomic E-state index is -0.365. The summed E-state index contributed by atoms with van der Waals surface area (Å²) in [6, 6.07) is 10.6. The summed E-state index contributed by atoms with van der Waals surface area (Å²) >= 11 is 0. The number of hydrogen-bond acceptors (Lipinski definition) is 5. The van der Waals surface area contributed by atoms with E-state index in [0.29, 0.717) is 29.6 Å². The minimum absolute atomic E-state index is 0.243. The van der Waals surface area contributed by atoms with Gasteiger partial charge in [-0.15, -0.1) is 10.2 Å². The zero-order valence-corrected chi connectivity index (χ0v) is 15.4. The van der Waals surface area contributed by atoms with Crippen molar-refractivity contribution in [2.75, 3.05) is 19.0 Å². The monoisotopic (exact) mass is 369 g/mol. The van der Waals surface area contributed by atoms with Gasteiger partial charge in [0.15, 0.2) is 11.5 Å². The molecule has 3 aromatic rings. The molecule has 2 N–H and O–H groups in total. The predicted octanol–water partition coefficient (Wildman–Crippen LogP) is 3.24. The average molecular weight is 369 g/mol. The van der Waals surface area contributed by atoms with Crippen molar-refractivity contribution in [3.05, 3.63) is 48.4 Å². The van der Waals surface area contributed by atoms with E-state index in [1.165, 1.54) is 0 Å². The summed E-state index contributed by atoms with van der Waals surface area (Å²) < 4.78 is 12.8. The molecule has 0 bridgehead atoms. The van der Waals surface area contributed by atoms with Gasteiger partial charge in [0.1, 0.15) is 11.5 Å². The van der Waals surface area contributed by atoms with Gasteiger partial charge in [-0.25, -0.2) is 4.79 Å². The first-order chi connectivity index (χ1) is 13.2. The fourth-order valence-electron chi connectivity index (χ4n) is 2.52. The highest BCUT2D eigenvalue weighted by molar-refractivity contribution is 5.91. The van der Waals surface area contributed by atoms with Crippen molar-refractivity contribution in [2.24, 2.45) is 0 Å². The highest BCUT2D eigenvalue weighted by Crippen LogP contribution is 2.29. The van der Waals surface area contributed by atoms with Crippen molar-refractivity contribution < 1.29 is 14.3 Å². The number of methoxy groups -OCH3 is 1. The van der Waals surface area contributed by atoms with Crippen molar-refractivity contribution >= 4 is 17.4 Å². The van der Waals surface area contributed by atoms with Gasteiger partial charge in [0.2, 0.25) is 0 Å². The molecule has 3 rings (SSSR count). The lowest BCUT2D eigenvalue weighted by atomic mass is 10.2. The van der Waals surface area contributed by atoms with Crippen molar-refractivity contribution in [2.45, 2.75) is 26.3 Å². The molecule has 27 heavy (non-hydrogen) atoms. The molecule has 0 radical (unpaired) electrons. The van der Waals surface area contributed by atoms with E-state index in [-0.39, 0.29) is 12.6 Å². The smallest absolute Gasteiger partial charge is 0.319 e. The number of fused-ring (bicyclic) bond motifs is 1. The molecule has 2 heterocycles. The predicted molar refractivity (Wildman–Crippen MR) is 102 cm³/mol. The highest BCUT2D eigenvalue weighted by Gasteiger charge is 2.11. The van der Waals surface area contributed by atoms with Gasteiger partial charge in [0.05, 0.1) is 25.9 Å². The Kier molecular flexibility index (Phi) is 6.09. The van der Waals surface area contributed by atoms with Crippen molar-refractivity contribution in [1.82, 2.24) is 19.9 Å². The number of nitrogens with one attached hydrogen (secondary N) is 2. The summed E-state index contributed by atoms with van der Waals surface area (Å²) in [6.45, 7) is 2.93. The van der Waals surface area contributed by atoms with Crippen LogP contribution in [0, 0.1) is 0 Å². The molecule has 1 aromatic carbocycles. The number of aromatic nitrogens is 3. The quantitative estimate of drug-likeness (QED) is 0.595. The maximum Gasteiger partial charge on any atom is 0.319 e. The van der Waals surface area contributed by atoms with Gasteiger partial charge in [-0.2, -0.15) is 0 Å². The zero-order valence-electron chi connectivity index (χ0n) is 15.4. The molecular weight excluding hydrogens is 346 g/mol. The first-order valence-corrected chi connectivity index (χ1v) is 8.85. The summed E-state index contributed by atoms with van der Waals surface area (Å²) in [5.41, 5.74) is 1.28. The highest BCUT2D eigenvalue weighted by atomic mass is 16.5. The van der Waals surface area contributed by atoms with E-state index < -0.39 is 0 Å². The van der Waals surface area contributed by atoms with E-state index >= 15 is 0 Å². The molecule has 0 aliphatic carbocycles. The fraction of sp³-hybridized carbons (Fsp3) is 0.316. The van der Waals surface area contributed by atoms with Crippen LogP contribution in [-0.2, 0) is 6.54 Å². The second-order valence-electron chi connectivity index (χ2n) is 5.92. The number of carbonyl (C=O) groups is 1. The molecule has 0 fully saturated rings. The number of ether oxygens (including phenoxy) is 2. The van der Waals surface area contributed by atoms with E-state index in [9.17, 15) is 4.79 Å². The third kappa shape index (κ3) is 4.66. The number of nitrogens with zero attached hydrogens (tertiary/aromatic N) is 3. The Labute approximate surface area is 157 Å². The van der Waals surface area contributed by atoms with Gasteiger partial charge in [0, 0.05) is 12.3 Å². The number of hydrogen-bond donors (Lipinski definition) is 2. The Morgan fingerprint density at radius 3 is 2.93 bits per heavy atom. The Bertz CT molecular complexity index is 909. The molecule has 8 heteroatoms. The Balaban J connectivity index is 1.65. The third-order valence-electron chi connectivity index (χ3n) is 3.98. The standard InChI is InChI=1S/C19H23N5O3/c1-3-4-11-27-16-9-8-14(26-2)12-15(16)21-19(25)20-13-18-23-22-17-7-5-6-10-24(17)18/h5-10,12H,3-4,11,13H2,1-2H3,(H2,20,21,25). The van der Waals surface area contributed by atoms with Gasteiger partial charge in [0.25, 0.3) is 0 Å². The van der Waals surface area contributed by atoms with Crippen LogP contribution in [0.2, 0.25) is 0 Å². The molecule has 0 atom stereocenters. The molecule has 0 saturated heterocycles. The summed E-state index contributed by atoms with van der Waals surface area (Å²) in [7, 11) is 1.58. The fourth-order valence-corrected chi connectivity index (χ4v) is 2.52.